The van der Waals surface area contributed by atoms with Crippen molar-refractivity contribution in [2.45, 2.75) is 70.6 Å². The molecule has 2 nitrogen and oxygen atoms in total. The Morgan fingerprint density at radius 2 is 1.89 bits per heavy atom. The van der Waals surface area contributed by atoms with Gasteiger partial charge in [0, 0.05) is 23.3 Å². The number of carbonyl (C=O) groups is 1. The van der Waals surface area contributed by atoms with E-state index in [1.807, 2.05) is 0 Å². The summed E-state index contributed by atoms with van der Waals surface area (Å²) < 4.78 is 23.7. The molecule has 1 N–H and O–H groups in total. The molecule has 0 saturated heterocycles. The zero-order valence-electron chi connectivity index (χ0n) is 13.9. The maximum atomic E-state index is 11.7. The van der Waals surface area contributed by atoms with Crippen LogP contribution in [0.15, 0.2) is 23.0 Å². The molecule has 2 aliphatic rings. The van der Waals surface area contributed by atoms with Crippen LogP contribution in [0, 0.1) is 0 Å². The van der Waals surface area contributed by atoms with Crippen LogP contribution in [0.5, 0.6) is 0 Å². The highest BCUT2D eigenvalue weighted by Gasteiger charge is 2.16. The Balaban J connectivity index is 2.38. The van der Waals surface area contributed by atoms with Crippen molar-refractivity contribution in [1.82, 2.24) is 0 Å². The van der Waals surface area contributed by atoms with Gasteiger partial charge in [-0.15, -0.1) is 0 Å². The van der Waals surface area contributed by atoms with Crippen molar-refractivity contribution in [3.05, 3.63) is 23.0 Å². The summed E-state index contributed by atoms with van der Waals surface area (Å²) in [4.78, 5) is 11.7. The van der Waals surface area contributed by atoms with Crippen LogP contribution in [0.25, 0.3) is 0 Å². The maximum Gasteiger partial charge on any atom is 0.133 e. The molecule has 0 heterocycles. The highest BCUT2D eigenvalue weighted by molar-refractivity contribution is 5.78. The Morgan fingerprint density at radius 1 is 1.06 bits per heavy atom. The van der Waals surface area contributed by atoms with Gasteiger partial charge in [-0.25, -0.2) is 0 Å². The third-order valence-corrected chi connectivity index (χ3v) is 3.68. The Bertz CT molecular complexity index is 466. The number of hydrogen-bond donors (Lipinski definition) is 1. The van der Waals surface area contributed by atoms with Gasteiger partial charge >= 0.3 is 0 Å². The molecule has 0 aromatic rings. The lowest BCUT2D eigenvalue weighted by atomic mass is 9.88. The highest BCUT2D eigenvalue weighted by Crippen LogP contribution is 2.30. The van der Waals surface area contributed by atoms with Gasteiger partial charge in [0.05, 0.1) is 5.76 Å². The summed E-state index contributed by atoms with van der Waals surface area (Å²) in [6.45, 7) is 0. The van der Waals surface area contributed by atoms with Gasteiger partial charge in [0.15, 0.2) is 0 Å². The summed E-state index contributed by atoms with van der Waals surface area (Å²) >= 11 is 0. The van der Waals surface area contributed by atoms with Crippen molar-refractivity contribution >= 4 is 5.78 Å². The second kappa shape index (κ2) is 6.77. The third-order valence-electron chi connectivity index (χ3n) is 3.68. The molecule has 0 fully saturated rings. The fraction of sp³-hybridized carbons (Fsp3) is 0.688. The van der Waals surface area contributed by atoms with Crippen LogP contribution in [-0.4, -0.2) is 10.9 Å². The average molecular weight is 251 g/mol. The van der Waals surface area contributed by atoms with Crippen molar-refractivity contribution in [2.24, 2.45) is 0 Å². The third kappa shape index (κ3) is 3.72. The number of aliphatic hydroxyl groups is 1. The van der Waals surface area contributed by atoms with E-state index in [4.69, 9.17) is 4.11 Å². The molecule has 2 aliphatic carbocycles. The lowest BCUT2D eigenvalue weighted by molar-refractivity contribution is -0.119. The van der Waals surface area contributed by atoms with Gasteiger partial charge in [-0.3, -0.25) is 4.79 Å². The SMILES string of the molecule is [2H]C1C(=O)CCCC(/C2=C/CCCCCC2)=C(/O)C1([2H])[2H]. The molecule has 0 amide bonds. The van der Waals surface area contributed by atoms with Gasteiger partial charge in [0.1, 0.15) is 5.78 Å². The molecule has 18 heavy (non-hydrogen) atoms. The monoisotopic (exact) mass is 251 g/mol. The molecule has 0 spiro atoms. The van der Waals surface area contributed by atoms with Gasteiger partial charge in [-0.05, 0) is 49.7 Å². The minimum Gasteiger partial charge on any atom is -0.512 e. The van der Waals surface area contributed by atoms with Crippen molar-refractivity contribution < 1.29 is 14.0 Å². The second-order valence-corrected chi connectivity index (χ2v) is 5.12. The predicted octanol–water partition coefficient (Wildman–Crippen LogP) is 4.61. The van der Waals surface area contributed by atoms with E-state index >= 15 is 0 Å². The number of rotatable bonds is 1. The average Bonchev–Trinajstić information content (AvgIpc) is 2.41. The van der Waals surface area contributed by atoms with Gasteiger partial charge in [0.2, 0.25) is 0 Å². The number of allylic oxidation sites excluding steroid dienone is 4. The Morgan fingerprint density at radius 3 is 2.78 bits per heavy atom. The van der Waals surface area contributed by atoms with E-state index in [2.05, 4.69) is 6.08 Å². The Kier molecular flexibility index (Phi) is 3.69. The molecule has 0 aromatic heterocycles. The molecule has 100 valence electrons. The number of hydrogen-bond acceptors (Lipinski definition) is 2. The second-order valence-electron chi connectivity index (χ2n) is 5.12. The molecule has 0 saturated carbocycles. The van der Waals surface area contributed by atoms with Crippen molar-refractivity contribution in [1.29, 1.82) is 0 Å². The topological polar surface area (TPSA) is 37.3 Å². The van der Waals surface area contributed by atoms with E-state index in [1.54, 1.807) is 0 Å². The van der Waals surface area contributed by atoms with Crippen LogP contribution in [0.4, 0.5) is 0 Å². The summed E-state index contributed by atoms with van der Waals surface area (Å²) in [5.41, 5.74) is 1.67. The van der Waals surface area contributed by atoms with Crippen LogP contribution < -0.4 is 0 Å². The Labute approximate surface area is 114 Å². The zero-order chi connectivity index (χ0) is 15.5. The summed E-state index contributed by atoms with van der Waals surface area (Å²) in [7, 11) is 0. The molecular weight excluding hydrogens is 224 g/mol. The fourth-order valence-electron chi connectivity index (χ4n) is 2.64. The smallest absolute Gasteiger partial charge is 0.133 e. The Hall–Kier alpha value is -1.05. The normalized spacial score (nSPS) is 40.0. The van der Waals surface area contributed by atoms with E-state index in [0.717, 1.165) is 37.7 Å². The van der Waals surface area contributed by atoms with E-state index < -0.39 is 18.6 Å². The van der Waals surface area contributed by atoms with Crippen LogP contribution in [0.2, 0.25) is 0 Å². The van der Waals surface area contributed by atoms with Crippen molar-refractivity contribution in [3.63, 3.8) is 0 Å². The lowest BCUT2D eigenvalue weighted by Crippen LogP contribution is -2.07. The first-order valence-corrected chi connectivity index (χ1v) is 7.01. The van der Waals surface area contributed by atoms with Gasteiger partial charge in [0.25, 0.3) is 0 Å². The molecule has 1 atom stereocenters. The van der Waals surface area contributed by atoms with Crippen molar-refractivity contribution in [2.75, 3.05) is 0 Å². The minimum atomic E-state index is -2.28. The van der Waals surface area contributed by atoms with Gasteiger partial charge in [-0.1, -0.05) is 18.9 Å². The molecule has 2 rings (SSSR count). The van der Waals surface area contributed by atoms with Crippen LogP contribution >= 0.6 is 0 Å². The summed E-state index contributed by atoms with van der Waals surface area (Å²) in [6, 6.07) is 0. The fourth-order valence-corrected chi connectivity index (χ4v) is 2.64. The van der Waals surface area contributed by atoms with Gasteiger partial charge in [-0.2, -0.15) is 0 Å². The van der Waals surface area contributed by atoms with Gasteiger partial charge < -0.3 is 5.11 Å². The summed E-state index contributed by atoms with van der Waals surface area (Å²) in [6.07, 6.45) is 6.01. The minimum absolute atomic E-state index is 0.220. The first-order valence-electron chi connectivity index (χ1n) is 8.59. The molecule has 0 bridgehead atoms. The number of ketones is 1. The molecule has 0 aliphatic heterocycles. The first-order chi connectivity index (χ1) is 9.94. The largest absolute Gasteiger partial charge is 0.512 e. The van der Waals surface area contributed by atoms with E-state index in [1.165, 1.54) is 6.42 Å². The summed E-state index contributed by atoms with van der Waals surface area (Å²) in [5, 5.41) is 10.4. The number of Topliss-reactive ketones (excluding diaryl/α,β-unsaturated/α-hetero) is 1. The predicted molar refractivity (Wildman–Crippen MR) is 73.5 cm³/mol. The van der Waals surface area contributed by atoms with Crippen LogP contribution in [0.3, 0.4) is 0 Å². The number of aliphatic hydroxyl groups excluding tert-OH is 1. The van der Waals surface area contributed by atoms with Crippen molar-refractivity contribution in [3.8, 4) is 0 Å². The highest BCUT2D eigenvalue weighted by atomic mass is 16.3. The maximum absolute atomic E-state index is 11.7. The molecule has 1 unspecified atom stereocenters. The quantitative estimate of drug-likeness (QED) is 0.738. The zero-order valence-corrected chi connectivity index (χ0v) is 10.9. The van der Waals surface area contributed by atoms with E-state index in [9.17, 15) is 9.90 Å². The molecule has 0 aromatic carbocycles. The van der Waals surface area contributed by atoms with E-state index in [0.29, 0.717) is 18.4 Å². The first kappa shape index (κ1) is 9.82. The standard InChI is InChI=1S/C16H24O2/c17-14-9-6-10-15(16(18)12-11-14)13-7-4-2-1-3-5-8-13/h7,18H,1-6,8-12H2/b13-7+,16-15-/i11D,12D2. The van der Waals surface area contributed by atoms with Crippen LogP contribution in [-0.2, 0) is 4.79 Å². The molecular formula is C16H24O2. The lowest BCUT2D eigenvalue weighted by Gasteiger charge is -2.19. The molecule has 0 radical (unpaired) electrons. The number of carbonyl (C=O) groups excluding carboxylic acids is 1. The van der Waals surface area contributed by atoms with E-state index in [-0.39, 0.29) is 12.2 Å². The van der Waals surface area contributed by atoms with Crippen LogP contribution in [0.1, 0.15) is 74.7 Å². The summed E-state index contributed by atoms with van der Waals surface area (Å²) in [5.74, 6) is -0.806. The molecule has 2 heteroatoms.